The van der Waals surface area contributed by atoms with Crippen molar-refractivity contribution in [2.75, 3.05) is 0 Å². The highest BCUT2D eigenvalue weighted by atomic mass is 35.5. The van der Waals surface area contributed by atoms with Gasteiger partial charge in [0.25, 0.3) is 0 Å². The fourth-order valence-electron chi connectivity index (χ4n) is 1.45. The first kappa shape index (κ1) is 10.5. The maximum absolute atomic E-state index is 8.47. The molecule has 0 radical (unpaired) electrons. The number of nitrogens with zero attached hydrogens (tertiary/aromatic N) is 1. The van der Waals surface area contributed by atoms with Crippen LogP contribution >= 0.6 is 12.4 Å². The molecule has 0 saturated carbocycles. The van der Waals surface area contributed by atoms with E-state index in [0.717, 1.165) is 18.6 Å². The Morgan fingerprint density at radius 1 is 1.55 bits per heavy atom. The van der Waals surface area contributed by atoms with Crippen molar-refractivity contribution in [3.8, 4) is 0 Å². The summed E-state index contributed by atoms with van der Waals surface area (Å²) >= 11 is 0. The Hall–Kier alpha value is -0.500. The van der Waals surface area contributed by atoms with Crippen molar-refractivity contribution >= 4 is 18.1 Å². The predicted molar refractivity (Wildman–Crippen MR) is 48.6 cm³/mol. The van der Waals surface area contributed by atoms with Crippen molar-refractivity contribution in [1.82, 2.24) is 0 Å². The highest BCUT2D eigenvalue weighted by molar-refractivity contribution is 5.95. The third-order valence-electron chi connectivity index (χ3n) is 1.77. The zero-order chi connectivity index (χ0) is 7.56. The SMILES string of the molecule is CC1=C/C(=N/O)CC(C)C1.Cl. The quantitative estimate of drug-likeness (QED) is 0.446. The minimum atomic E-state index is 0. The zero-order valence-corrected chi connectivity index (χ0v) is 7.69. The molecule has 1 N–H and O–H groups in total. The van der Waals surface area contributed by atoms with Gasteiger partial charge in [-0.1, -0.05) is 17.7 Å². The molecule has 0 saturated heterocycles. The molecule has 0 bridgehead atoms. The first-order chi connectivity index (χ1) is 4.72. The van der Waals surface area contributed by atoms with Crippen LogP contribution in [0.5, 0.6) is 0 Å². The lowest BCUT2D eigenvalue weighted by molar-refractivity contribution is 0.316. The van der Waals surface area contributed by atoms with E-state index in [4.69, 9.17) is 5.21 Å². The average Bonchev–Trinajstić information content (AvgIpc) is 1.85. The lowest BCUT2D eigenvalue weighted by atomic mass is 9.90. The smallest absolute Gasteiger partial charge is 0.0797 e. The molecule has 1 atom stereocenters. The maximum Gasteiger partial charge on any atom is 0.0797 e. The number of hydrogen-bond donors (Lipinski definition) is 1. The van der Waals surface area contributed by atoms with Crippen molar-refractivity contribution in [3.05, 3.63) is 11.6 Å². The number of rotatable bonds is 0. The van der Waals surface area contributed by atoms with Gasteiger partial charge in [-0.05, 0) is 31.8 Å². The number of oxime groups is 1. The van der Waals surface area contributed by atoms with E-state index in [2.05, 4.69) is 19.0 Å². The fraction of sp³-hybridized carbons (Fsp3) is 0.625. The molecule has 0 aromatic heterocycles. The van der Waals surface area contributed by atoms with Crippen LogP contribution in [0.3, 0.4) is 0 Å². The molecule has 1 aliphatic carbocycles. The molecule has 0 spiro atoms. The van der Waals surface area contributed by atoms with Crippen LogP contribution in [0.15, 0.2) is 16.8 Å². The molecule has 0 fully saturated rings. The van der Waals surface area contributed by atoms with E-state index in [0.29, 0.717) is 5.92 Å². The van der Waals surface area contributed by atoms with Gasteiger partial charge in [-0.2, -0.15) is 0 Å². The number of hydrogen-bond acceptors (Lipinski definition) is 2. The van der Waals surface area contributed by atoms with Gasteiger partial charge in [0, 0.05) is 0 Å². The summed E-state index contributed by atoms with van der Waals surface area (Å²) in [7, 11) is 0. The predicted octanol–water partition coefficient (Wildman–Crippen LogP) is 2.61. The van der Waals surface area contributed by atoms with Gasteiger partial charge >= 0.3 is 0 Å². The van der Waals surface area contributed by atoms with Crippen molar-refractivity contribution in [2.45, 2.75) is 26.7 Å². The second-order valence-corrected chi connectivity index (χ2v) is 3.10. The second-order valence-electron chi connectivity index (χ2n) is 3.10. The van der Waals surface area contributed by atoms with E-state index in [-0.39, 0.29) is 12.4 Å². The summed E-state index contributed by atoms with van der Waals surface area (Å²) in [6, 6.07) is 0. The molecule has 64 valence electrons. The third-order valence-corrected chi connectivity index (χ3v) is 1.77. The summed E-state index contributed by atoms with van der Waals surface area (Å²) in [5.74, 6) is 0.635. The van der Waals surface area contributed by atoms with E-state index < -0.39 is 0 Å². The monoisotopic (exact) mass is 175 g/mol. The summed E-state index contributed by atoms with van der Waals surface area (Å²) in [5.41, 5.74) is 2.13. The molecule has 0 aliphatic heterocycles. The molecule has 1 rings (SSSR count). The van der Waals surface area contributed by atoms with Crippen molar-refractivity contribution in [1.29, 1.82) is 0 Å². The zero-order valence-electron chi connectivity index (χ0n) is 6.87. The van der Waals surface area contributed by atoms with Crippen molar-refractivity contribution in [3.63, 3.8) is 0 Å². The summed E-state index contributed by atoms with van der Waals surface area (Å²) < 4.78 is 0. The highest BCUT2D eigenvalue weighted by Gasteiger charge is 2.12. The summed E-state index contributed by atoms with van der Waals surface area (Å²) in [6.07, 6.45) is 4.01. The molecule has 2 nitrogen and oxygen atoms in total. The number of halogens is 1. The van der Waals surface area contributed by atoms with Gasteiger partial charge in [-0.3, -0.25) is 0 Å². The van der Waals surface area contributed by atoms with E-state index in [1.54, 1.807) is 0 Å². The van der Waals surface area contributed by atoms with E-state index in [1.807, 2.05) is 6.08 Å². The first-order valence-corrected chi connectivity index (χ1v) is 3.60. The maximum atomic E-state index is 8.47. The topological polar surface area (TPSA) is 32.6 Å². The lowest BCUT2D eigenvalue weighted by Crippen LogP contribution is -2.10. The van der Waals surface area contributed by atoms with Gasteiger partial charge in [-0.25, -0.2) is 0 Å². The Balaban J connectivity index is 0.000001000. The van der Waals surface area contributed by atoms with E-state index >= 15 is 0 Å². The van der Waals surface area contributed by atoms with E-state index in [9.17, 15) is 0 Å². The van der Waals surface area contributed by atoms with Crippen LogP contribution < -0.4 is 0 Å². The summed E-state index contributed by atoms with van der Waals surface area (Å²) in [4.78, 5) is 0. The molecule has 3 heteroatoms. The molecule has 1 unspecified atom stereocenters. The highest BCUT2D eigenvalue weighted by Crippen LogP contribution is 2.20. The first-order valence-electron chi connectivity index (χ1n) is 3.60. The minimum absolute atomic E-state index is 0. The lowest BCUT2D eigenvalue weighted by Gasteiger charge is -2.16. The van der Waals surface area contributed by atoms with Crippen LogP contribution in [-0.4, -0.2) is 10.9 Å². The molecule has 0 heterocycles. The number of allylic oxidation sites excluding steroid dienone is 2. The minimum Gasteiger partial charge on any atom is -0.411 e. The summed E-state index contributed by atoms with van der Waals surface area (Å²) in [5, 5.41) is 11.7. The van der Waals surface area contributed by atoms with Gasteiger partial charge in [0.15, 0.2) is 0 Å². The van der Waals surface area contributed by atoms with Gasteiger partial charge in [0.2, 0.25) is 0 Å². The molecular weight excluding hydrogens is 162 g/mol. The van der Waals surface area contributed by atoms with Gasteiger partial charge in [0.1, 0.15) is 0 Å². The Morgan fingerprint density at radius 2 is 2.18 bits per heavy atom. The van der Waals surface area contributed by atoms with Gasteiger partial charge in [-0.15, -0.1) is 12.4 Å². The normalized spacial score (nSPS) is 27.6. The second kappa shape index (κ2) is 4.39. The van der Waals surface area contributed by atoms with Crippen molar-refractivity contribution in [2.24, 2.45) is 11.1 Å². The molecule has 1 aliphatic rings. The van der Waals surface area contributed by atoms with Crippen LogP contribution in [0.4, 0.5) is 0 Å². The van der Waals surface area contributed by atoms with Crippen molar-refractivity contribution < 1.29 is 5.21 Å². The standard InChI is InChI=1S/C8H13NO.ClH/c1-6-3-7(2)5-8(4-6)9-10;/h4,7,10H,3,5H2,1-2H3;1H/b9-8-;. The van der Waals surface area contributed by atoms with Crippen LogP contribution in [0.25, 0.3) is 0 Å². The molecule has 11 heavy (non-hydrogen) atoms. The molecule has 0 aromatic rings. The molecule has 0 aromatic carbocycles. The Morgan fingerprint density at radius 3 is 2.64 bits per heavy atom. The Labute approximate surface area is 73.4 Å². The van der Waals surface area contributed by atoms with Crippen LogP contribution in [0.1, 0.15) is 26.7 Å². The largest absolute Gasteiger partial charge is 0.411 e. The van der Waals surface area contributed by atoms with E-state index in [1.165, 1.54) is 5.57 Å². The molecule has 0 amide bonds. The van der Waals surface area contributed by atoms with Crippen LogP contribution in [-0.2, 0) is 0 Å². The van der Waals surface area contributed by atoms with Gasteiger partial charge < -0.3 is 5.21 Å². The fourth-order valence-corrected chi connectivity index (χ4v) is 1.45. The van der Waals surface area contributed by atoms with Gasteiger partial charge in [0.05, 0.1) is 5.71 Å². The average molecular weight is 176 g/mol. The summed E-state index contributed by atoms with van der Waals surface area (Å²) in [6.45, 7) is 4.24. The van der Waals surface area contributed by atoms with Crippen LogP contribution in [0, 0.1) is 5.92 Å². The molecular formula is C8H14ClNO. The Bertz CT molecular complexity index is 187. The Kier molecular flexibility index (Phi) is 4.19. The third kappa shape index (κ3) is 2.93. The van der Waals surface area contributed by atoms with Crippen LogP contribution in [0.2, 0.25) is 0 Å².